The van der Waals surface area contributed by atoms with Crippen LogP contribution in [0.25, 0.3) is 21.5 Å². The Labute approximate surface area is 160 Å². The Hall–Kier alpha value is -3.26. The van der Waals surface area contributed by atoms with E-state index in [1.54, 1.807) is 0 Å². The summed E-state index contributed by atoms with van der Waals surface area (Å²) in [6.07, 6.45) is 4.41. The van der Waals surface area contributed by atoms with Gasteiger partial charge < -0.3 is 9.80 Å². The van der Waals surface area contributed by atoms with E-state index in [1.807, 2.05) is 0 Å². The third-order valence-corrected chi connectivity index (χ3v) is 5.25. The molecule has 2 nitrogen and oxygen atoms in total. The molecule has 5 rings (SSSR count). The van der Waals surface area contributed by atoms with Crippen LogP contribution >= 0.6 is 0 Å². The second kappa shape index (κ2) is 6.81. The van der Waals surface area contributed by atoms with Gasteiger partial charge in [-0.25, -0.2) is 0 Å². The van der Waals surface area contributed by atoms with Crippen LogP contribution in [0.3, 0.4) is 0 Å². The first-order valence-corrected chi connectivity index (χ1v) is 9.45. The van der Waals surface area contributed by atoms with Crippen LogP contribution in [0.2, 0.25) is 0 Å². The fourth-order valence-electron chi connectivity index (χ4n) is 3.86. The number of hydrogen-bond acceptors (Lipinski definition) is 2. The number of benzene rings is 4. The van der Waals surface area contributed by atoms with Gasteiger partial charge in [0, 0.05) is 25.5 Å². The summed E-state index contributed by atoms with van der Waals surface area (Å²) in [5.74, 6) is 0. The maximum Gasteiger partial charge on any atom is 0.0900 e. The Morgan fingerprint density at radius 1 is 0.519 bits per heavy atom. The molecule has 1 aliphatic rings. The zero-order chi connectivity index (χ0) is 18.1. The molecule has 0 bridgehead atoms. The highest BCUT2D eigenvalue weighted by atomic mass is 15.3. The van der Waals surface area contributed by atoms with Crippen LogP contribution in [-0.2, 0) is 13.1 Å². The minimum Gasteiger partial charge on any atom is -0.354 e. The summed E-state index contributed by atoms with van der Waals surface area (Å²) in [4.78, 5) is 4.73. The van der Waals surface area contributed by atoms with Crippen molar-refractivity contribution in [2.24, 2.45) is 0 Å². The molecular weight excluding hydrogens is 328 g/mol. The molecule has 0 radical (unpaired) electrons. The second-order valence-corrected chi connectivity index (χ2v) is 7.30. The summed E-state index contributed by atoms with van der Waals surface area (Å²) in [6.45, 7) is 2.81. The Bertz CT molecular complexity index is 1040. The third kappa shape index (κ3) is 3.39. The van der Waals surface area contributed by atoms with Crippen LogP contribution in [0.4, 0.5) is 0 Å². The van der Waals surface area contributed by atoms with Crippen molar-refractivity contribution in [1.29, 1.82) is 0 Å². The summed E-state index contributed by atoms with van der Waals surface area (Å²) in [6, 6.07) is 30.6. The van der Waals surface area contributed by atoms with Crippen molar-refractivity contribution < 1.29 is 0 Å². The molecule has 2 heteroatoms. The molecule has 0 spiro atoms. The Morgan fingerprint density at radius 2 is 0.963 bits per heavy atom. The summed E-state index contributed by atoms with van der Waals surface area (Å²) in [5, 5.41) is 5.23. The molecule has 0 aromatic heterocycles. The highest BCUT2D eigenvalue weighted by Crippen LogP contribution is 2.21. The van der Waals surface area contributed by atoms with Crippen molar-refractivity contribution in [3.8, 4) is 0 Å². The van der Waals surface area contributed by atoms with Gasteiger partial charge in [-0.3, -0.25) is 0 Å². The van der Waals surface area contributed by atoms with Crippen molar-refractivity contribution in [1.82, 2.24) is 9.80 Å². The molecule has 0 saturated heterocycles. The maximum absolute atomic E-state index is 2.37. The lowest BCUT2D eigenvalue weighted by Crippen LogP contribution is -2.24. The predicted octanol–water partition coefficient (Wildman–Crippen LogP) is 5.74. The van der Waals surface area contributed by atoms with Crippen molar-refractivity contribution in [2.45, 2.75) is 13.1 Å². The maximum atomic E-state index is 2.37. The third-order valence-electron chi connectivity index (χ3n) is 5.25. The molecule has 27 heavy (non-hydrogen) atoms. The SMILES string of the molecule is C1=CN(Cc2ccc3ccccc3c2)CN1Cc1ccc2ccccc2c1. The molecule has 1 heterocycles. The van der Waals surface area contributed by atoms with Crippen molar-refractivity contribution in [2.75, 3.05) is 6.67 Å². The summed E-state index contributed by atoms with van der Waals surface area (Å²) >= 11 is 0. The van der Waals surface area contributed by atoms with E-state index in [9.17, 15) is 0 Å². The average Bonchev–Trinajstić information content (AvgIpc) is 3.14. The number of hydrogen-bond donors (Lipinski definition) is 0. The number of fused-ring (bicyclic) bond motifs is 2. The zero-order valence-corrected chi connectivity index (χ0v) is 15.3. The summed E-state index contributed by atoms with van der Waals surface area (Å²) < 4.78 is 0. The van der Waals surface area contributed by atoms with Crippen molar-refractivity contribution in [3.63, 3.8) is 0 Å². The van der Waals surface area contributed by atoms with Gasteiger partial charge in [-0.2, -0.15) is 0 Å². The summed E-state index contributed by atoms with van der Waals surface area (Å²) in [5.41, 5.74) is 2.71. The summed E-state index contributed by atoms with van der Waals surface area (Å²) in [7, 11) is 0. The molecular formula is C25H22N2. The molecule has 0 N–H and O–H groups in total. The van der Waals surface area contributed by atoms with Crippen LogP contribution in [0.1, 0.15) is 11.1 Å². The smallest absolute Gasteiger partial charge is 0.0900 e. The largest absolute Gasteiger partial charge is 0.354 e. The van der Waals surface area contributed by atoms with Crippen LogP contribution < -0.4 is 0 Å². The van der Waals surface area contributed by atoms with Crippen molar-refractivity contribution in [3.05, 3.63) is 108 Å². The lowest BCUT2D eigenvalue weighted by molar-refractivity contribution is 0.255. The highest BCUT2D eigenvalue weighted by molar-refractivity contribution is 5.83. The molecule has 0 unspecified atom stereocenters. The highest BCUT2D eigenvalue weighted by Gasteiger charge is 2.13. The quantitative estimate of drug-likeness (QED) is 0.463. The molecule has 0 saturated carbocycles. The molecule has 0 aliphatic carbocycles. The first-order valence-electron chi connectivity index (χ1n) is 9.45. The van der Waals surface area contributed by atoms with Crippen LogP contribution in [-0.4, -0.2) is 16.5 Å². The first kappa shape index (κ1) is 16.0. The van der Waals surface area contributed by atoms with Crippen LogP contribution in [0.15, 0.2) is 97.3 Å². The first-order chi connectivity index (χ1) is 13.3. The molecule has 4 aromatic rings. The van der Waals surface area contributed by atoms with Gasteiger partial charge in [-0.05, 0) is 44.8 Å². The van der Waals surface area contributed by atoms with Gasteiger partial charge in [-0.15, -0.1) is 0 Å². The van der Waals surface area contributed by atoms with E-state index in [2.05, 4.69) is 107 Å². The van der Waals surface area contributed by atoms with Gasteiger partial charge in [0.05, 0.1) is 6.67 Å². The van der Waals surface area contributed by atoms with E-state index in [1.165, 1.54) is 32.7 Å². The topological polar surface area (TPSA) is 6.48 Å². The van der Waals surface area contributed by atoms with Gasteiger partial charge in [0.2, 0.25) is 0 Å². The van der Waals surface area contributed by atoms with Crippen LogP contribution in [0.5, 0.6) is 0 Å². The number of nitrogens with zero attached hydrogens (tertiary/aromatic N) is 2. The monoisotopic (exact) mass is 350 g/mol. The second-order valence-electron chi connectivity index (χ2n) is 7.30. The van der Waals surface area contributed by atoms with Gasteiger partial charge in [-0.1, -0.05) is 72.8 Å². The van der Waals surface area contributed by atoms with Gasteiger partial charge in [0.1, 0.15) is 0 Å². The molecule has 4 aromatic carbocycles. The lowest BCUT2D eigenvalue weighted by atomic mass is 10.1. The van der Waals surface area contributed by atoms with E-state index in [4.69, 9.17) is 0 Å². The standard InChI is InChI=1S/C25H22N2/c1-3-7-24-15-20(9-11-22(24)5-1)17-26-13-14-27(19-26)18-21-10-12-23-6-2-4-8-25(23)16-21/h1-16H,17-19H2. The van der Waals surface area contributed by atoms with E-state index >= 15 is 0 Å². The van der Waals surface area contributed by atoms with E-state index in [0.29, 0.717) is 0 Å². The number of rotatable bonds is 4. The van der Waals surface area contributed by atoms with Crippen molar-refractivity contribution >= 4 is 21.5 Å². The Balaban J connectivity index is 1.26. The molecule has 1 aliphatic heterocycles. The Kier molecular flexibility index (Phi) is 4.02. The minimum atomic E-state index is 0.930. The molecule has 0 atom stereocenters. The molecule has 132 valence electrons. The molecule has 0 amide bonds. The zero-order valence-electron chi connectivity index (χ0n) is 15.3. The van der Waals surface area contributed by atoms with Gasteiger partial charge in [0.15, 0.2) is 0 Å². The lowest BCUT2D eigenvalue weighted by Gasteiger charge is -2.22. The minimum absolute atomic E-state index is 0.930. The predicted molar refractivity (Wildman–Crippen MR) is 113 cm³/mol. The van der Waals surface area contributed by atoms with Gasteiger partial charge >= 0.3 is 0 Å². The average molecular weight is 350 g/mol. The van der Waals surface area contributed by atoms with Crippen LogP contribution in [0, 0.1) is 0 Å². The fourth-order valence-corrected chi connectivity index (χ4v) is 3.86. The van der Waals surface area contributed by atoms with E-state index in [-0.39, 0.29) is 0 Å². The fraction of sp³-hybridized carbons (Fsp3) is 0.120. The normalized spacial score (nSPS) is 13.8. The molecule has 0 fully saturated rings. The van der Waals surface area contributed by atoms with E-state index < -0.39 is 0 Å². The Morgan fingerprint density at radius 3 is 1.44 bits per heavy atom. The van der Waals surface area contributed by atoms with Gasteiger partial charge in [0.25, 0.3) is 0 Å². The van der Waals surface area contributed by atoms with E-state index in [0.717, 1.165) is 19.8 Å².